The van der Waals surface area contributed by atoms with Crippen LogP contribution in [0.15, 0.2) is 54.6 Å². The number of anilines is 2. The van der Waals surface area contributed by atoms with E-state index in [1.807, 2.05) is 42.5 Å². The third kappa shape index (κ3) is 7.16. The standard InChI is InChI=1S/C30H33Cl2N3O4/c1-29(2,3)38-27(36)35(28(37)39-30(4,5)6)16-15-22-24(33-20-10-7-18(31)8-11-20)14-12-21-23-17-19(32)9-13-25(23)34-26(21)22/h7-14,17,33-34H,15-16H2,1-6H3. The van der Waals surface area contributed by atoms with Gasteiger partial charge in [0.1, 0.15) is 11.2 Å². The monoisotopic (exact) mass is 569 g/mol. The molecular formula is C30H33Cl2N3O4. The number of H-pyrrole nitrogens is 1. The molecule has 2 amide bonds. The van der Waals surface area contributed by atoms with Gasteiger partial charge in [-0.15, -0.1) is 0 Å². The lowest BCUT2D eigenvalue weighted by Crippen LogP contribution is -2.44. The zero-order valence-corrected chi connectivity index (χ0v) is 24.5. The molecule has 3 aromatic carbocycles. The van der Waals surface area contributed by atoms with E-state index in [2.05, 4.69) is 10.3 Å². The number of nitrogens with one attached hydrogen (secondary N) is 2. The van der Waals surface area contributed by atoms with Gasteiger partial charge in [-0.1, -0.05) is 29.3 Å². The maximum atomic E-state index is 13.1. The van der Waals surface area contributed by atoms with Gasteiger partial charge in [0, 0.05) is 49.8 Å². The molecule has 39 heavy (non-hydrogen) atoms. The third-order valence-corrected chi connectivity index (χ3v) is 6.27. The van der Waals surface area contributed by atoms with E-state index in [4.69, 9.17) is 32.7 Å². The molecule has 0 atom stereocenters. The summed E-state index contributed by atoms with van der Waals surface area (Å²) in [4.78, 5) is 30.7. The molecule has 0 aliphatic heterocycles. The summed E-state index contributed by atoms with van der Waals surface area (Å²) in [6.45, 7) is 10.6. The molecule has 0 aliphatic carbocycles. The maximum Gasteiger partial charge on any atom is 0.419 e. The lowest BCUT2D eigenvalue weighted by molar-refractivity contribution is 0.00172. The zero-order valence-electron chi connectivity index (χ0n) is 22.9. The van der Waals surface area contributed by atoms with Gasteiger partial charge in [-0.3, -0.25) is 0 Å². The number of benzene rings is 3. The molecule has 1 heterocycles. The van der Waals surface area contributed by atoms with E-state index in [1.54, 1.807) is 53.7 Å². The molecule has 0 unspecified atom stereocenters. The molecule has 0 bridgehead atoms. The van der Waals surface area contributed by atoms with Crippen LogP contribution < -0.4 is 5.32 Å². The first-order valence-electron chi connectivity index (χ1n) is 12.7. The first kappa shape index (κ1) is 28.6. The van der Waals surface area contributed by atoms with Crippen molar-refractivity contribution in [3.05, 3.63) is 70.2 Å². The van der Waals surface area contributed by atoms with Crippen molar-refractivity contribution < 1.29 is 19.1 Å². The number of imide groups is 1. The average Bonchev–Trinajstić information content (AvgIpc) is 3.17. The molecule has 7 nitrogen and oxygen atoms in total. The fourth-order valence-corrected chi connectivity index (χ4v) is 4.48. The van der Waals surface area contributed by atoms with Crippen LogP contribution in [0.1, 0.15) is 47.1 Å². The van der Waals surface area contributed by atoms with Crippen LogP contribution in [0.4, 0.5) is 21.0 Å². The first-order chi connectivity index (χ1) is 18.2. The Hall–Kier alpha value is -3.42. The van der Waals surface area contributed by atoms with Crippen molar-refractivity contribution in [2.45, 2.75) is 59.2 Å². The molecule has 0 radical (unpaired) electrons. The van der Waals surface area contributed by atoms with Crippen LogP contribution in [0.3, 0.4) is 0 Å². The summed E-state index contributed by atoms with van der Waals surface area (Å²) in [5.41, 5.74) is 2.78. The van der Waals surface area contributed by atoms with Gasteiger partial charge >= 0.3 is 12.2 Å². The highest BCUT2D eigenvalue weighted by Gasteiger charge is 2.31. The summed E-state index contributed by atoms with van der Waals surface area (Å²) in [5.74, 6) is 0. The average molecular weight is 571 g/mol. The van der Waals surface area contributed by atoms with E-state index >= 15 is 0 Å². The van der Waals surface area contributed by atoms with Crippen LogP contribution in [-0.2, 0) is 15.9 Å². The number of hydrogen-bond donors (Lipinski definition) is 2. The molecule has 0 spiro atoms. The number of aromatic nitrogens is 1. The van der Waals surface area contributed by atoms with Crippen molar-refractivity contribution in [2.75, 3.05) is 11.9 Å². The highest BCUT2D eigenvalue weighted by atomic mass is 35.5. The molecular weight excluding hydrogens is 537 g/mol. The smallest absolute Gasteiger partial charge is 0.419 e. The summed E-state index contributed by atoms with van der Waals surface area (Å²) in [5, 5.41) is 6.67. The van der Waals surface area contributed by atoms with Crippen LogP contribution >= 0.6 is 23.2 Å². The number of halogens is 2. The number of ether oxygens (including phenoxy) is 2. The highest BCUT2D eigenvalue weighted by Crippen LogP contribution is 2.35. The Kier molecular flexibility index (Phi) is 8.05. The van der Waals surface area contributed by atoms with Crippen LogP contribution in [0.2, 0.25) is 10.0 Å². The third-order valence-electron chi connectivity index (χ3n) is 5.78. The number of nitrogens with zero attached hydrogens (tertiary/aromatic N) is 1. The lowest BCUT2D eigenvalue weighted by atomic mass is 10.0. The number of amides is 2. The molecule has 206 valence electrons. The second kappa shape index (κ2) is 11.0. The summed E-state index contributed by atoms with van der Waals surface area (Å²) in [6, 6.07) is 17.1. The van der Waals surface area contributed by atoms with Gasteiger partial charge in [0.2, 0.25) is 0 Å². The van der Waals surface area contributed by atoms with Gasteiger partial charge in [0.25, 0.3) is 0 Å². The Morgan fingerprint density at radius 2 is 1.41 bits per heavy atom. The number of hydrogen-bond acceptors (Lipinski definition) is 5. The molecule has 2 N–H and O–H groups in total. The maximum absolute atomic E-state index is 13.1. The zero-order chi connectivity index (χ0) is 28.5. The normalized spacial score (nSPS) is 12.0. The van der Waals surface area contributed by atoms with Crippen LogP contribution in [0.5, 0.6) is 0 Å². The number of aromatic amines is 1. The van der Waals surface area contributed by atoms with Gasteiger partial charge in [-0.25, -0.2) is 14.5 Å². The molecule has 0 saturated carbocycles. The second-order valence-corrected chi connectivity index (χ2v) is 12.2. The Labute approximate surface area is 238 Å². The van der Waals surface area contributed by atoms with Crippen LogP contribution in [0.25, 0.3) is 21.8 Å². The summed E-state index contributed by atoms with van der Waals surface area (Å²) >= 11 is 12.4. The van der Waals surface area contributed by atoms with Gasteiger partial charge in [0.05, 0.1) is 5.52 Å². The predicted molar refractivity (Wildman–Crippen MR) is 158 cm³/mol. The predicted octanol–water partition coefficient (Wildman–Crippen LogP) is 9.09. The van der Waals surface area contributed by atoms with Gasteiger partial charge in [-0.05, 0) is 96.5 Å². The summed E-state index contributed by atoms with van der Waals surface area (Å²) < 4.78 is 11.1. The summed E-state index contributed by atoms with van der Waals surface area (Å²) in [6.07, 6.45) is -1.20. The SMILES string of the molecule is CC(C)(C)OC(=O)N(CCc1c(Nc2ccc(Cl)cc2)ccc2c1[nH]c1ccc(Cl)cc12)C(=O)OC(C)(C)C. The van der Waals surface area contributed by atoms with E-state index in [0.717, 1.165) is 43.6 Å². The number of rotatable bonds is 5. The topological polar surface area (TPSA) is 83.7 Å². The van der Waals surface area contributed by atoms with E-state index < -0.39 is 23.4 Å². The fourth-order valence-electron chi connectivity index (χ4n) is 4.18. The number of carbonyl (C=O) groups is 2. The fraction of sp³-hybridized carbons (Fsp3) is 0.333. The van der Waals surface area contributed by atoms with E-state index in [-0.39, 0.29) is 6.54 Å². The lowest BCUT2D eigenvalue weighted by Gasteiger charge is -2.29. The minimum absolute atomic E-state index is 0.0361. The Balaban J connectivity index is 1.76. The van der Waals surface area contributed by atoms with Crippen molar-refractivity contribution in [3.63, 3.8) is 0 Å². The van der Waals surface area contributed by atoms with Crippen molar-refractivity contribution in [2.24, 2.45) is 0 Å². The minimum Gasteiger partial charge on any atom is -0.443 e. The van der Waals surface area contributed by atoms with Crippen LogP contribution in [-0.4, -0.2) is 39.8 Å². The quantitative estimate of drug-likeness (QED) is 0.250. The van der Waals surface area contributed by atoms with Crippen LogP contribution in [0, 0.1) is 0 Å². The van der Waals surface area contributed by atoms with E-state index in [9.17, 15) is 9.59 Å². The Morgan fingerprint density at radius 3 is 2.00 bits per heavy atom. The second-order valence-electron chi connectivity index (χ2n) is 11.3. The number of fused-ring (bicyclic) bond motifs is 3. The van der Waals surface area contributed by atoms with E-state index in [1.165, 1.54) is 0 Å². The molecule has 1 aromatic heterocycles. The van der Waals surface area contributed by atoms with Crippen molar-refractivity contribution in [1.29, 1.82) is 0 Å². The molecule has 0 saturated heterocycles. The Morgan fingerprint density at radius 1 is 0.821 bits per heavy atom. The minimum atomic E-state index is -0.783. The van der Waals surface area contributed by atoms with Crippen molar-refractivity contribution in [1.82, 2.24) is 9.88 Å². The van der Waals surface area contributed by atoms with Crippen molar-refractivity contribution >= 4 is 68.6 Å². The first-order valence-corrected chi connectivity index (χ1v) is 13.4. The Bertz CT molecular complexity index is 1490. The molecule has 4 rings (SSSR count). The van der Waals surface area contributed by atoms with Gasteiger partial charge < -0.3 is 19.8 Å². The molecule has 0 fully saturated rings. The van der Waals surface area contributed by atoms with Gasteiger partial charge in [-0.2, -0.15) is 0 Å². The molecule has 0 aliphatic rings. The summed E-state index contributed by atoms with van der Waals surface area (Å²) in [7, 11) is 0. The van der Waals surface area contributed by atoms with Crippen molar-refractivity contribution in [3.8, 4) is 0 Å². The van der Waals surface area contributed by atoms with E-state index in [0.29, 0.717) is 16.5 Å². The highest BCUT2D eigenvalue weighted by molar-refractivity contribution is 6.32. The van der Waals surface area contributed by atoms with Gasteiger partial charge in [0.15, 0.2) is 0 Å². The largest absolute Gasteiger partial charge is 0.443 e. The molecule has 4 aromatic rings. The molecule has 9 heteroatoms. The number of carbonyl (C=O) groups excluding carboxylic acids is 2.